The van der Waals surface area contributed by atoms with Crippen molar-refractivity contribution in [3.8, 4) is 11.5 Å². The van der Waals surface area contributed by atoms with Crippen molar-refractivity contribution in [3.05, 3.63) is 96.9 Å². The Bertz CT molecular complexity index is 1510. The fraction of sp³-hybridized carbons (Fsp3) is 0.115. The van der Waals surface area contributed by atoms with E-state index in [9.17, 15) is 24.5 Å². The number of ether oxygens (including phenoxy) is 2. The Hall–Kier alpha value is -4.06. The first-order valence-electron chi connectivity index (χ1n) is 11.2. The third-order valence-electron chi connectivity index (χ3n) is 5.44. The van der Waals surface area contributed by atoms with Gasteiger partial charge >= 0.3 is 0 Å². The predicted octanol–water partition coefficient (Wildman–Crippen LogP) is 6.16. The normalized spacial score (nSPS) is 14.0. The number of methoxy groups -OCH3 is 1. The number of halogens is 2. The van der Waals surface area contributed by atoms with Gasteiger partial charge in [-0.25, -0.2) is 0 Å². The number of hydrogen-bond acceptors (Lipinski definition) is 8. The Morgan fingerprint density at radius 2 is 1.82 bits per heavy atom. The highest BCUT2D eigenvalue weighted by Crippen LogP contribution is 2.39. The van der Waals surface area contributed by atoms with Gasteiger partial charge in [0, 0.05) is 11.6 Å². The molecule has 0 atom stereocenters. The summed E-state index contributed by atoms with van der Waals surface area (Å²) in [4.78, 5) is 49.6. The van der Waals surface area contributed by atoms with Crippen LogP contribution >= 0.6 is 35.0 Å². The molecule has 3 aromatic carbocycles. The minimum atomic E-state index is -0.602. The summed E-state index contributed by atoms with van der Waals surface area (Å²) in [6.07, 6.45) is 1.45. The molecule has 0 unspecified atom stereocenters. The number of benzene rings is 3. The van der Waals surface area contributed by atoms with Crippen LogP contribution in [0.2, 0.25) is 10.0 Å². The molecule has 13 heteroatoms. The van der Waals surface area contributed by atoms with Gasteiger partial charge in [0.25, 0.3) is 22.7 Å². The van der Waals surface area contributed by atoms with Gasteiger partial charge in [-0.3, -0.25) is 29.4 Å². The van der Waals surface area contributed by atoms with Crippen LogP contribution in [0.1, 0.15) is 11.1 Å². The quantitative estimate of drug-likeness (QED) is 0.179. The van der Waals surface area contributed by atoms with E-state index >= 15 is 0 Å². The van der Waals surface area contributed by atoms with Gasteiger partial charge in [0.1, 0.15) is 0 Å². The summed E-state index contributed by atoms with van der Waals surface area (Å²) in [5, 5.41) is 13.8. The smallest absolute Gasteiger partial charge is 0.293 e. The van der Waals surface area contributed by atoms with Crippen molar-refractivity contribution in [3.63, 3.8) is 0 Å². The third-order valence-corrected chi connectivity index (χ3v) is 6.95. The molecule has 1 aliphatic heterocycles. The molecule has 10 nitrogen and oxygen atoms in total. The lowest BCUT2D eigenvalue weighted by Gasteiger charge is -2.14. The fourth-order valence-electron chi connectivity index (χ4n) is 3.63. The van der Waals surface area contributed by atoms with Crippen molar-refractivity contribution in [1.29, 1.82) is 0 Å². The van der Waals surface area contributed by atoms with Crippen LogP contribution in [0.15, 0.2) is 65.6 Å². The average molecular weight is 588 g/mol. The number of amides is 3. The standard InChI is InChI=1S/C26H19Cl2N3O7S/c1-37-21-11-15(10-18(28)24(21)38-14-23(32)29-19-8-4-3-7-17(19)27)12-22-25(33)30(26(34)39-22)13-16-6-2-5-9-20(16)31(35)36/h2-12H,13-14H2,1H3,(H,29,32)/b22-12-. The zero-order valence-corrected chi connectivity index (χ0v) is 22.5. The van der Waals surface area contributed by atoms with Crippen LogP contribution in [0.25, 0.3) is 6.08 Å². The average Bonchev–Trinajstić information content (AvgIpc) is 3.16. The van der Waals surface area contributed by atoms with Gasteiger partial charge in [0.2, 0.25) is 0 Å². The van der Waals surface area contributed by atoms with Crippen molar-refractivity contribution in [2.45, 2.75) is 6.54 Å². The Labute approximate surface area is 236 Å². The Balaban J connectivity index is 1.49. The highest BCUT2D eigenvalue weighted by Gasteiger charge is 2.36. The number of thioether (sulfide) groups is 1. The first-order valence-corrected chi connectivity index (χ1v) is 12.8. The Morgan fingerprint density at radius 1 is 1.10 bits per heavy atom. The molecule has 3 amide bonds. The highest BCUT2D eigenvalue weighted by molar-refractivity contribution is 8.18. The molecular weight excluding hydrogens is 569 g/mol. The molecule has 1 fully saturated rings. The van der Waals surface area contributed by atoms with Gasteiger partial charge in [-0.2, -0.15) is 0 Å². The van der Waals surface area contributed by atoms with Gasteiger partial charge in [-0.15, -0.1) is 0 Å². The number of carbonyl (C=O) groups excluding carboxylic acids is 3. The molecule has 1 heterocycles. The number of nitro benzene ring substituents is 1. The number of nitrogens with zero attached hydrogens (tertiary/aromatic N) is 2. The lowest BCUT2D eigenvalue weighted by Crippen LogP contribution is -2.27. The molecule has 4 rings (SSSR count). The number of imide groups is 1. The second kappa shape index (κ2) is 12.2. The van der Waals surface area contributed by atoms with E-state index in [2.05, 4.69) is 5.32 Å². The van der Waals surface area contributed by atoms with Gasteiger partial charge in [-0.1, -0.05) is 53.5 Å². The minimum Gasteiger partial charge on any atom is -0.493 e. The molecule has 1 aliphatic rings. The molecule has 3 aromatic rings. The molecule has 39 heavy (non-hydrogen) atoms. The van der Waals surface area contributed by atoms with Gasteiger partial charge in [-0.05, 0) is 47.7 Å². The zero-order chi connectivity index (χ0) is 28.1. The Kier molecular flexibility index (Phi) is 8.75. The SMILES string of the molecule is COc1cc(/C=C2\SC(=O)N(Cc3ccccc3[N+](=O)[O-])C2=O)cc(Cl)c1OCC(=O)Nc1ccccc1Cl. The molecule has 1 saturated heterocycles. The number of anilines is 1. The van der Waals surface area contributed by atoms with Crippen LogP contribution in [0, 0.1) is 10.1 Å². The Morgan fingerprint density at radius 3 is 2.54 bits per heavy atom. The van der Waals surface area contributed by atoms with Crippen molar-refractivity contribution < 1.29 is 28.8 Å². The number of hydrogen-bond donors (Lipinski definition) is 1. The lowest BCUT2D eigenvalue weighted by atomic mass is 10.1. The topological polar surface area (TPSA) is 128 Å². The van der Waals surface area contributed by atoms with Crippen molar-refractivity contribution in [2.75, 3.05) is 19.0 Å². The maximum Gasteiger partial charge on any atom is 0.293 e. The van der Waals surface area contributed by atoms with Gasteiger partial charge < -0.3 is 14.8 Å². The maximum atomic E-state index is 13.0. The zero-order valence-electron chi connectivity index (χ0n) is 20.2. The summed E-state index contributed by atoms with van der Waals surface area (Å²) in [6, 6.07) is 15.6. The highest BCUT2D eigenvalue weighted by atomic mass is 35.5. The summed E-state index contributed by atoms with van der Waals surface area (Å²) in [5.74, 6) is -0.777. The lowest BCUT2D eigenvalue weighted by molar-refractivity contribution is -0.385. The fourth-order valence-corrected chi connectivity index (χ4v) is 4.93. The first kappa shape index (κ1) is 28.0. The van der Waals surface area contributed by atoms with Crippen LogP contribution in [-0.4, -0.2) is 40.6 Å². The molecule has 0 radical (unpaired) electrons. The molecule has 0 bridgehead atoms. The van der Waals surface area contributed by atoms with E-state index < -0.39 is 22.0 Å². The summed E-state index contributed by atoms with van der Waals surface area (Å²) in [7, 11) is 1.38. The molecule has 0 spiro atoms. The molecule has 1 N–H and O–H groups in total. The molecule has 200 valence electrons. The molecule has 0 aliphatic carbocycles. The first-order chi connectivity index (χ1) is 18.7. The van der Waals surface area contributed by atoms with Crippen molar-refractivity contribution >= 4 is 69.5 Å². The summed E-state index contributed by atoms with van der Waals surface area (Å²) in [6.45, 7) is -0.628. The molecule has 0 aromatic heterocycles. The van der Waals surface area contributed by atoms with Crippen LogP contribution < -0.4 is 14.8 Å². The number of para-hydroxylation sites is 2. The monoisotopic (exact) mass is 587 g/mol. The van der Waals surface area contributed by atoms with Crippen molar-refractivity contribution in [1.82, 2.24) is 4.90 Å². The summed E-state index contributed by atoms with van der Waals surface area (Å²) < 4.78 is 10.9. The minimum absolute atomic E-state index is 0.101. The number of carbonyl (C=O) groups is 3. The van der Waals surface area contributed by atoms with E-state index in [0.717, 1.165) is 4.90 Å². The maximum absolute atomic E-state index is 13.0. The van der Waals surface area contributed by atoms with E-state index in [1.807, 2.05) is 0 Å². The van der Waals surface area contributed by atoms with E-state index in [1.165, 1.54) is 43.5 Å². The largest absolute Gasteiger partial charge is 0.493 e. The van der Waals surface area contributed by atoms with Crippen LogP contribution in [0.3, 0.4) is 0 Å². The molecular formula is C26H19Cl2N3O7S. The second-order valence-electron chi connectivity index (χ2n) is 8.00. The number of rotatable bonds is 9. The second-order valence-corrected chi connectivity index (χ2v) is 9.81. The van der Waals surface area contributed by atoms with E-state index in [4.69, 9.17) is 32.7 Å². The number of nitro groups is 1. The molecule has 0 saturated carbocycles. The van der Waals surface area contributed by atoms with Gasteiger partial charge in [0.15, 0.2) is 18.1 Å². The summed E-state index contributed by atoms with van der Waals surface area (Å²) in [5.41, 5.74) is 0.905. The van der Waals surface area contributed by atoms with E-state index in [1.54, 1.807) is 30.3 Å². The van der Waals surface area contributed by atoms with Crippen LogP contribution in [0.5, 0.6) is 11.5 Å². The number of nitrogens with one attached hydrogen (secondary N) is 1. The van der Waals surface area contributed by atoms with Crippen molar-refractivity contribution in [2.24, 2.45) is 0 Å². The summed E-state index contributed by atoms with van der Waals surface area (Å²) >= 11 is 13.2. The van der Waals surface area contributed by atoms with E-state index in [-0.39, 0.29) is 45.8 Å². The predicted molar refractivity (Wildman–Crippen MR) is 148 cm³/mol. The van der Waals surface area contributed by atoms with E-state index in [0.29, 0.717) is 28.0 Å². The third kappa shape index (κ3) is 6.51. The van der Waals surface area contributed by atoms with Gasteiger partial charge in [0.05, 0.1) is 39.2 Å². The van der Waals surface area contributed by atoms with Crippen LogP contribution in [-0.2, 0) is 16.1 Å². The van der Waals surface area contributed by atoms with Crippen LogP contribution in [0.4, 0.5) is 16.2 Å².